The van der Waals surface area contributed by atoms with Gasteiger partial charge in [0, 0.05) is 13.7 Å². The summed E-state index contributed by atoms with van der Waals surface area (Å²) in [7, 11) is 1.65. The maximum Gasteiger partial charge on any atom is 0.306 e. The highest BCUT2D eigenvalue weighted by atomic mass is 16.5. The van der Waals surface area contributed by atoms with E-state index in [1.54, 1.807) is 7.11 Å². The minimum absolute atomic E-state index is 0.123. The summed E-state index contributed by atoms with van der Waals surface area (Å²) >= 11 is 0. The number of carbonyl (C=O) groups is 1. The summed E-state index contributed by atoms with van der Waals surface area (Å²) in [5, 5.41) is 12.3. The summed E-state index contributed by atoms with van der Waals surface area (Å²) in [6.45, 7) is 4.90. The highest BCUT2D eigenvalue weighted by Crippen LogP contribution is 2.28. The molecule has 0 aliphatic heterocycles. The first-order valence-corrected chi connectivity index (χ1v) is 7.82. The minimum atomic E-state index is -0.637. The fourth-order valence-electron chi connectivity index (χ4n) is 2.53. The molecule has 1 saturated carbocycles. The Hall–Kier alpha value is -0.690. The summed E-state index contributed by atoms with van der Waals surface area (Å²) in [6.07, 6.45) is 3.66. The average molecular weight is 303 g/mol. The van der Waals surface area contributed by atoms with E-state index in [0.29, 0.717) is 39.0 Å². The van der Waals surface area contributed by atoms with Crippen LogP contribution in [0.5, 0.6) is 0 Å². The molecule has 0 heterocycles. The summed E-state index contributed by atoms with van der Waals surface area (Å²) in [5.41, 5.74) is 0. The first kappa shape index (κ1) is 18.4. The third-order valence-corrected chi connectivity index (χ3v) is 3.86. The highest BCUT2D eigenvalue weighted by molar-refractivity contribution is 5.69. The molecule has 0 unspecified atom stereocenters. The molecule has 0 atom stereocenters. The van der Waals surface area contributed by atoms with Crippen LogP contribution in [0.3, 0.4) is 0 Å². The number of aliphatic carboxylic acids is 1. The van der Waals surface area contributed by atoms with E-state index in [1.807, 2.05) is 0 Å². The van der Waals surface area contributed by atoms with Gasteiger partial charge in [-0.3, -0.25) is 4.79 Å². The average Bonchev–Trinajstić information content (AvgIpc) is 2.49. The molecule has 0 radical (unpaired) electrons. The largest absolute Gasteiger partial charge is 0.481 e. The topological polar surface area (TPSA) is 77.0 Å². The van der Waals surface area contributed by atoms with Crippen LogP contribution < -0.4 is 5.32 Å². The third kappa shape index (κ3) is 9.03. The van der Waals surface area contributed by atoms with Gasteiger partial charge >= 0.3 is 5.97 Å². The molecule has 1 aliphatic rings. The standard InChI is InChI=1S/C15H29NO5/c1-19-8-9-21-11-10-20-7-6-16-12-13-2-4-14(5-3-13)15(17)18/h13-14,16H,2-12H2,1H3,(H,17,18). The molecule has 6 heteroatoms. The lowest BCUT2D eigenvalue weighted by molar-refractivity contribution is -0.143. The predicted octanol–water partition coefficient (Wildman–Crippen LogP) is 1.15. The minimum Gasteiger partial charge on any atom is -0.481 e. The van der Waals surface area contributed by atoms with E-state index >= 15 is 0 Å². The maximum absolute atomic E-state index is 10.9. The molecular weight excluding hydrogens is 274 g/mol. The van der Waals surface area contributed by atoms with E-state index in [0.717, 1.165) is 38.8 Å². The van der Waals surface area contributed by atoms with Gasteiger partial charge in [-0.2, -0.15) is 0 Å². The van der Waals surface area contributed by atoms with Crippen molar-refractivity contribution >= 4 is 5.97 Å². The van der Waals surface area contributed by atoms with Crippen LogP contribution in [0.4, 0.5) is 0 Å². The molecule has 1 rings (SSSR count). The van der Waals surface area contributed by atoms with Gasteiger partial charge in [-0.25, -0.2) is 0 Å². The molecule has 0 aromatic carbocycles. The quantitative estimate of drug-likeness (QED) is 0.527. The van der Waals surface area contributed by atoms with Crippen LogP contribution >= 0.6 is 0 Å². The second-order valence-corrected chi connectivity index (χ2v) is 5.48. The molecule has 1 aliphatic carbocycles. The Morgan fingerprint density at radius 2 is 1.67 bits per heavy atom. The van der Waals surface area contributed by atoms with Crippen LogP contribution in [-0.4, -0.2) is 64.3 Å². The van der Waals surface area contributed by atoms with Crippen molar-refractivity contribution in [2.45, 2.75) is 25.7 Å². The predicted molar refractivity (Wildman–Crippen MR) is 79.5 cm³/mol. The number of nitrogens with one attached hydrogen (secondary N) is 1. The number of methoxy groups -OCH3 is 1. The number of ether oxygens (including phenoxy) is 3. The van der Waals surface area contributed by atoms with Crippen molar-refractivity contribution in [1.82, 2.24) is 5.32 Å². The highest BCUT2D eigenvalue weighted by Gasteiger charge is 2.25. The van der Waals surface area contributed by atoms with E-state index in [4.69, 9.17) is 19.3 Å². The maximum atomic E-state index is 10.9. The van der Waals surface area contributed by atoms with Crippen molar-refractivity contribution in [3.63, 3.8) is 0 Å². The third-order valence-electron chi connectivity index (χ3n) is 3.86. The van der Waals surface area contributed by atoms with Gasteiger partial charge in [0.1, 0.15) is 0 Å². The molecule has 0 aromatic heterocycles. The van der Waals surface area contributed by atoms with Gasteiger partial charge in [0.15, 0.2) is 0 Å². The van der Waals surface area contributed by atoms with Gasteiger partial charge in [-0.05, 0) is 38.1 Å². The fraction of sp³-hybridized carbons (Fsp3) is 0.933. The summed E-state index contributed by atoms with van der Waals surface area (Å²) < 4.78 is 15.6. The molecule has 0 amide bonds. The van der Waals surface area contributed by atoms with E-state index in [-0.39, 0.29) is 5.92 Å². The normalized spacial score (nSPS) is 22.3. The molecule has 0 spiro atoms. The molecule has 0 saturated heterocycles. The van der Waals surface area contributed by atoms with E-state index in [1.165, 1.54) is 0 Å². The Labute approximate surface area is 127 Å². The number of carboxylic acids is 1. The smallest absolute Gasteiger partial charge is 0.306 e. The van der Waals surface area contributed by atoms with Gasteiger partial charge in [0.25, 0.3) is 0 Å². The van der Waals surface area contributed by atoms with Crippen LogP contribution in [0, 0.1) is 11.8 Å². The summed E-state index contributed by atoms with van der Waals surface area (Å²) in [5.74, 6) is -0.150. The molecule has 1 fully saturated rings. The number of carboxylic acid groups (broad SMARTS) is 1. The molecule has 124 valence electrons. The van der Waals surface area contributed by atoms with Crippen molar-refractivity contribution in [1.29, 1.82) is 0 Å². The lowest BCUT2D eigenvalue weighted by atomic mass is 9.82. The SMILES string of the molecule is COCCOCCOCCNCC1CCC(C(=O)O)CC1. The number of rotatable bonds is 12. The zero-order valence-electron chi connectivity index (χ0n) is 13.0. The van der Waals surface area contributed by atoms with Crippen LogP contribution in [0.15, 0.2) is 0 Å². The Balaban J connectivity index is 1.84. The van der Waals surface area contributed by atoms with Gasteiger partial charge in [-0.1, -0.05) is 0 Å². The van der Waals surface area contributed by atoms with Crippen molar-refractivity contribution in [3.05, 3.63) is 0 Å². The van der Waals surface area contributed by atoms with Gasteiger partial charge in [0.05, 0.1) is 39.0 Å². The lowest BCUT2D eigenvalue weighted by Crippen LogP contribution is -2.30. The Morgan fingerprint density at radius 3 is 2.29 bits per heavy atom. The van der Waals surface area contributed by atoms with Crippen LogP contribution in [0.25, 0.3) is 0 Å². The Morgan fingerprint density at radius 1 is 1.05 bits per heavy atom. The lowest BCUT2D eigenvalue weighted by Gasteiger charge is -2.26. The molecular formula is C15H29NO5. The van der Waals surface area contributed by atoms with E-state index in [2.05, 4.69) is 5.32 Å². The fourth-order valence-corrected chi connectivity index (χ4v) is 2.53. The van der Waals surface area contributed by atoms with Gasteiger partial charge < -0.3 is 24.6 Å². The first-order chi connectivity index (χ1) is 10.2. The van der Waals surface area contributed by atoms with Gasteiger partial charge in [-0.15, -0.1) is 0 Å². The summed E-state index contributed by atoms with van der Waals surface area (Å²) in [4.78, 5) is 10.9. The van der Waals surface area contributed by atoms with Crippen molar-refractivity contribution < 1.29 is 24.1 Å². The Kier molecular flexibility index (Phi) is 10.4. The molecule has 6 nitrogen and oxygen atoms in total. The number of hydrogen-bond donors (Lipinski definition) is 2. The second kappa shape index (κ2) is 11.9. The Bertz CT molecular complexity index is 267. The van der Waals surface area contributed by atoms with Crippen molar-refractivity contribution in [3.8, 4) is 0 Å². The summed E-state index contributed by atoms with van der Waals surface area (Å²) in [6, 6.07) is 0. The van der Waals surface area contributed by atoms with Crippen molar-refractivity contribution in [2.24, 2.45) is 11.8 Å². The zero-order chi connectivity index (χ0) is 15.3. The second-order valence-electron chi connectivity index (χ2n) is 5.48. The molecule has 0 aromatic rings. The van der Waals surface area contributed by atoms with Crippen LogP contribution in [-0.2, 0) is 19.0 Å². The van der Waals surface area contributed by atoms with E-state index < -0.39 is 5.97 Å². The van der Waals surface area contributed by atoms with Crippen molar-refractivity contribution in [2.75, 3.05) is 53.2 Å². The van der Waals surface area contributed by atoms with Gasteiger partial charge in [0.2, 0.25) is 0 Å². The van der Waals surface area contributed by atoms with Crippen LogP contribution in [0.2, 0.25) is 0 Å². The number of hydrogen-bond acceptors (Lipinski definition) is 5. The van der Waals surface area contributed by atoms with E-state index in [9.17, 15) is 4.79 Å². The molecule has 2 N–H and O–H groups in total. The zero-order valence-corrected chi connectivity index (χ0v) is 13.0. The van der Waals surface area contributed by atoms with Crippen LogP contribution in [0.1, 0.15) is 25.7 Å². The first-order valence-electron chi connectivity index (χ1n) is 7.82. The molecule has 0 bridgehead atoms. The molecule has 21 heavy (non-hydrogen) atoms. The monoisotopic (exact) mass is 303 g/mol.